The van der Waals surface area contributed by atoms with Gasteiger partial charge in [-0.05, 0) is 40.4 Å². The highest BCUT2D eigenvalue weighted by Gasteiger charge is 2.10. The van der Waals surface area contributed by atoms with Crippen molar-refractivity contribution in [2.45, 2.75) is 26.8 Å². The highest BCUT2D eigenvalue weighted by molar-refractivity contribution is 9.10. The molecule has 0 fully saturated rings. The summed E-state index contributed by atoms with van der Waals surface area (Å²) in [6.45, 7) is 6.40. The summed E-state index contributed by atoms with van der Waals surface area (Å²) in [6, 6.07) is 0.345. The van der Waals surface area contributed by atoms with Gasteiger partial charge in [0.1, 0.15) is 5.82 Å². The average molecular weight is 279 g/mol. The molecule has 0 aromatic carbocycles. The van der Waals surface area contributed by atoms with E-state index in [2.05, 4.69) is 52.0 Å². The maximum atomic E-state index is 5.70. The molecule has 1 rings (SSSR count). The lowest BCUT2D eigenvalue weighted by Gasteiger charge is -2.18. The van der Waals surface area contributed by atoms with E-state index in [1.807, 2.05) is 0 Å². The van der Waals surface area contributed by atoms with Crippen LogP contribution in [0.2, 0.25) is 5.28 Å². The van der Waals surface area contributed by atoms with Gasteiger partial charge < -0.3 is 5.32 Å². The third kappa shape index (κ3) is 3.10. The zero-order chi connectivity index (χ0) is 10.7. The summed E-state index contributed by atoms with van der Waals surface area (Å²) in [6.07, 6.45) is 1.64. The number of anilines is 1. The standard InChI is InChI=1S/C9H13BrClN3/c1-5(2)6(3)13-8-7(10)4-12-9(11)14-8/h4-6H,1-3H3,(H,12,13,14)/t6-/m1/s1. The maximum Gasteiger partial charge on any atom is 0.224 e. The van der Waals surface area contributed by atoms with Gasteiger partial charge >= 0.3 is 0 Å². The van der Waals surface area contributed by atoms with E-state index in [1.54, 1.807) is 6.20 Å². The monoisotopic (exact) mass is 277 g/mol. The molecule has 0 aliphatic carbocycles. The highest BCUT2D eigenvalue weighted by atomic mass is 79.9. The van der Waals surface area contributed by atoms with E-state index in [0.29, 0.717) is 12.0 Å². The van der Waals surface area contributed by atoms with Crippen LogP contribution in [0.25, 0.3) is 0 Å². The van der Waals surface area contributed by atoms with Gasteiger partial charge in [0.05, 0.1) is 4.47 Å². The summed E-state index contributed by atoms with van der Waals surface area (Å²) >= 11 is 9.06. The van der Waals surface area contributed by atoms with Crippen molar-refractivity contribution in [2.24, 2.45) is 5.92 Å². The van der Waals surface area contributed by atoms with Crippen molar-refractivity contribution >= 4 is 33.3 Å². The first kappa shape index (κ1) is 11.7. The van der Waals surface area contributed by atoms with Gasteiger partial charge in [0, 0.05) is 12.2 Å². The molecule has 1 heterocycles. The third-order valence-corrected chi connectivity index (χ3v) is 2.84. The Morgan fingerprint density at radius 1 is 1.43 bits per heavy atom. The van der Waals surface area contributed by atoms with Crippen LogP contribution < -0.4 is 5.32 Å². The topological polar surface area (TPSA) is 37.8 Å². The fraction of sp³-hybridized carbons (Fsp3) is 0.556. The van der Waals surface area contributed by atoms with Crippen LogP contribution in [0.3, 0.4) is 0 Å². The van der Waals surface area contributed by atoms with Gasteiger partial charge in [0.15, 0.2) is 0 Å². The molecule has 0 unspecified atom stereocenters. The number of hydrogen-bond acceptors (Lipinski definition) is 3. The number of nitrogens with zero attached hydrogens (tertiary/aromatic N) is 2. The minimum atomic E-state index is 0.256. The van der Waals surface area contributed by atoms with Crippen molar-refractivity contribution in [3.63, 3.8) is 0 Å². The molecule has 0 amide bonds. The molecular weight excluding hydrogens is 265 g/mol. The van der Waals surface area contributed by atoms with E-state index in [9.17, 15) is 0 Å². The van der Waals surface area contributed by atoms with E-state index in [4.69, 9.17) is 11.6 Å². The van der Waals surface area contributed by atoms with Crippen LogP contribution in [-0.4, -0.2) is 16.0 Å². The Balaban J connectivity index is 2.80. The van der Waals surface area contributed by atoms with E-state index in [1.165, 1.54) is 0 Å². The zero-order valence-corrected chi connectivity index (χ0v) is 10.7. The lowest BCUT2D eigenvalue weighted by atomic mass is 10.1. The second-order valence-corrected chi connectivity index (χ2v) is 4.71. The molecule has 1 N–H and O–H groups in total. The van der Waals surface area contributed by atoms with Gasteiger partial charge in [-0.25, -0.2) is 4.98 Å². The largest absolute Gasteiger partial charge is 0.366 e. The Hall–Kier alpha value is -0.350. The lowest BCUT2D eigenvalue weighted by Crippen LogP contribution is -2.22. The first-order valence-electron chi connectivity index (χ1n) is 4.45. The van der Waals surface area contributed by atoms with Gasteiger partial charge in [0.25, 0.3) is 0 Å². The molecule has 5 heteroatoms. The summed E-state index contributed by atoms with van der Waals surface area (Å²) in [5.41, 5.74) is 0. The second-order valence-electron chi connectivity index (χ2n) is 3.51. The molecule has 1 aromatic rings. The summed E-state index contributed by atoms with van der Waals surface area (Å²) in [5.74, 6) is 1.28. The smallest absolute Gasteiger partial charge is 0.224 e. The van der Waals surface area contributed by atoms with Gasteiger partial charge in [0.2, 0.25) is 5.28 Å². The molecule has 0 saturated carbocycles. The summed E-state index contributed by atoms with van der Waals surface area (Å²) in [4.78, 5) is 7.95. The van der Waals surface area contributed by atoms with E-state index >= 15 is 0 Å². The minimum Gasteiger partial charge on any atom is -0.366 e. The fourth-order valence-electron chi connectivity index (χ4n) is 0.829. The van der Waals surface area contributed by atoms with E-state index in [0.717, 1.165) is 10.3 Å². The molecule has 0 spiro atoms. The number of nitrogens with one attached hydrogen (secondary N) is 1. The Morgan fingerprint density at radius 3 is 2.64 bits per heavy atom. The Morgan fingerprint density at radius 2 is 2.07 bits per heavy atom. The Bertz CT molecular complexity index is 317. The summed E-state index contributed by atoms with van der Waals surface area (Å²) in [5, 5.41) is 3.52. The van der Waals surface area contributed by atoms with Crippen LogP contribution in [-0.2, 0) is 0 Å². The van der Waals surface area contributed by atoms with Crippen LogP contribution in [0.5, 0.6) is 0 Å². The molecule has 78 valence electrons. The number of halogens is 2. The molecule has 3 nitrogen and oxygen atoms in total. The first-order chi connectivity index (χ1) is 6.50. The van der Waals surface area contributed by atoms with Gasteiger partial charge in [-0.2, -0.15) is 4.98 Å². The quantitative estimate of drug-likeness (QED) is 0.862. The predicted molar refractivity (Wildman–Crippen MR) is 62.7 cm³/mol. The Kier molecular flexibility index (Phi) is 4.13. The Labute approximate surface area is 97.4 Å². The molecular formula is C9H13BrClN3. The summed E-state index contributed by atoms with van der Waals surface area (Å²) in [7, 11) is 0. The molecule has 14 heavy (non-hydrogen) atoms. The molecule has 0 aliphatic heterocycles. The van der Waals surface area contributed by atoms with Crippen molar-refractivity contribution < 1.29 is 0 Å². The predicted octanol–water partition coefficient (Wildman–Crippen LogP) is 3.35. The van der Waals surface area contributed by atoms with Crippen molar-refractivity contribution in [3.8, 4) is 0 Å². The normalized spacial score (nSPS) is 13.0. The van der Waals surface area contributed by atoms with Crippen LogP contribution in [0.4, 0.5) is 5.82 Å². The van der Waals surface area contributed by atoms with Crippen molar-refractivity contribution in [1.82, 2.24) is 9.97 Å². The molecule has 0 saturated heterocycles. The molecule has 1 aromatic heterocycles. The van der Waals surface area contributed by atoms with Crippen LogP contribution >= 0.6 is 27.5 Å². The van der Waals surface area contributed by atoms with E-state index in [-0.39, 0.29) is 5.28 Å². The molecule has 1 atom stereocenters. The molecule has 0 aliphatic rings. The number of aromatic nitrogens is 2. The van der Waals surface area contributed by atoms with Gasteiger partial charge in [-0.15, -0.1) is 0 Å². The van der Waals surface area contributed by atoms with Crippen molar-refractivity contribution in [1.29, 1.82) is 0 Å². The number of hydrogen-bond donors (Lipinski definition) is 1. The first-order valence-corrected chi connectivity index (χ1v) is 5.62. The van der Waals surface area contributed by atoms with Gasteiger partial charge in [-0.3, -0.25) is 0 Å². The fourth-order valence-corrected chi connectivity index (χ4v) is 1.27. The van der Waals surface area contributed by atoms with Crippen molar-refractivity contribution in [2.75, 3.05) is 5.32 Å². The minimum absolute atomic E-state index is 0.256. The van der Waals surface area contributed by atoms with E-state index < -0.39 is 0 Å². The van der Waals surface area contributed by atoms with Gasteiger partial charge in [-0.1, -0.05) is 13.8 Å². The third-order valence-electron chi connectivity index (χ3n) is 2.08. The van der Waals surface area contributed by atoms with Crippen LogP contribution in [0, 0.1) is 5.92 Å². The SMILES string of the molecule is CC(C)[C@@H](C)Nc1nc(Cl)ncc1Br. The second kappa shape index (κ2) is 4.94. The highest BCUT2D eigenvalue weighted by Crippen LogP contribution is 2.21. The average Bonchev–Trinajstić information content (AvgIpc) is 2.11. The molecule has 0 radical (unpaired) electrons. The lowest BCUT2D eigenvalue weighted by molar-refractivity contribution is 0.558. The van der Waals surface area contributed by atoms with Crippen LogP contribution in [0.15, 0.2) is 10.7 Å². The number of rotatable bonds is 3. The zero-order valence-electron chi connectivity index (χ0n) is 8.38. The van der Waals surface area contributed by atoms with Crippen molar-refractivity contribution in [3.05, 3.63) is 16.0 Å². The summed E-state index contributed by atoms with van der Waals surface area (Å²) < 4.78 is 0.828. The van der Waals surface area contributed by atoms with Crippen LogP contribution in [0.1, 0.15) is 20.8 Å². The maximum absolute atomic E-state index is 5.70. The molecule has 0 bridgehead atoms.